The van der Waals surface area contributed by atoms with E-state index < -0.39 is 17.5 Å². The number of ketones is 1. The molecule has 0 saturated heterocycles. The fourth-order valence-electron chi connectivity index (χ4n) is 3.21. The lowest BCUT2D eigenvalue weighted by Crippen LogP contribution is -2.40. The van der Waals surface area contributed by atoms with E-state index in [-0.39, 0.29) is 41.9 Å². The lowest BCUT2D eigenvalue weighted by Gasteiger charge is -2.19. The molecule has 4 N–H and O–H groups in total. The second-order valence-electron chi connectivity index (χ2n) is 7.83. The summed E-state index contributed by atoms with van der Waals surface area (Å²) in [5, 5.41) is 25.1. The Morgan fingerprint density at radius 3 is 2.54 bits per heavy atom. The Morgan fingerprint density at radius 2 is 1.94 bits per heavy atom. The van der Waals surface area contributed by atoms with E-state index in [1.165, 1.54) is 23.3 Å². The highest BCUT2D eigenvalue weighted by Crippen LogP contribution is 2.13. The highest BCUT2D eigenvalue weighted by Gasteiger charge is 2.22. The van der Waals surface area contributed by atoms with Crippen LogP contribution in [0.25, 0.3) is 0 Å². The monoisotopic (exact) mass is 500 g/mol. The lowest BCUT2D eigenvalue weighted by molar-refractivity contribution is -0.127. The minimum Gasteiger partial charge on any atom is -0.411 e. The number of carbonyl (C=O) groups is 2. The molecule has 0 radical (unpaired) electrons. The van der Waals surface area contributed by atoms with E-state index in [9.17, 15) is 14.4 Å². The minimum absolute atomic E-state index is 0.00797. The predicted molar refractivity (Wildman–Crippen MR) is 139 cm³/mol. The van der Waals surface area contributed by atoms with E-state index in [0.29, 0.717) is 24.3 Å². The maximum absolute atomic E-state index is 13.1. The second kappa shape index (κ2) is 14.1. The van der Waals surface area contributed by atoms with Crippen LogP contribution in [0.4, 0.5) is 5.82 Å². The van der Waals surface area contributed by atoms with Gasteiger partial charge in [-0.2, -0.15) is 0 Å². The van der Waals surface area contributed by atoms with Gasteiger partial charge in [0.15, 0.2) is 11.6 Å². The molecule has 0 fully saturated rings. The maximum atomic E-state index is 13.1. The molecule has 0 saturated carbocycles. The van der Waals surface area contributed by atoms with Crippen molar-refractivity contribution < 1.29 is 14.8 Å². The minimum atomic E-state index is -0.823. The first kappa shape index (κ1) is 27.8. The summed E-state index contributed by atoms with van der Waals surface area (Å²) in [5.41, 5.74) is 1.30. The van der Waals surface area contributed by atoms with Gasteiger partial charge in [0.2, 0.25) is 5.91 Å². The third-order valence-electron chi connectivity index (χ3n) is 5.18. The SMILES string of the molecule is CCc1cn(C(CC)C(=O)NCC(=O)CSCc2ccccc2)c(=O)c(NC/C(=N/O)C(C)=N)n1. The average Bonchev–Trinajstić information content (AvgIpc) is 2.85. The summed E-state index contributed by atoms with van der Waals surface area (Å²) in [6.45, 7) is 4.93. The third kappa shape index (κ3) is 8.36. The van der Waals surface area contributed by atoms with Gasteiger partial charge in [0, 0.05) is 11.9 Å². The molecule has 0 aliphatic heterocycles. The van der Waals surface area contributed by atoms with Crippen molar-refractivity contribution >= 4 is 40.7 Å². The molecule has 1 unspecified atom stereocenters. The Labute approximate surface area is 208 Å². The van der Waals surface area contributed by atoms with E-state index >= 15 is 0 Å². The summed E-state index contributed by atoms with van der Waals surface area (Å²) in [5.74, 6) is 0.441. The van der Waals surface area contributed by atoms with Gasteiger partial charge in [-0.05, 0) is 25.3 Å². The van der Waals surface area contributed by atoms with E-state index in [1.807, 2.05) is 37.3 Å². The first-order valence-corrected chi connectivity index (χ1v) is 12.5. The highest BCUT2D eigenvalue weighted by molar-refractivity contribution is 7.99. The maximum Gasteiger partial charge on any atom is 0.294 e. The number of aromatic nitrogens is 2. The zero-order valence-corrected chi connectivity index (χ0v) is 21.0. The van der Waals surface area contributed by atoms with Crippen LogP contribution in [-0.4, -0.2) is 56.7 Å². The lowest BCUT2D eigenvalue weighted by atomic mass is 10.2. The number of rotatable bonds is 14. The van der Waals surface area contributed by atoms with Crippen molar-refractivity contribution in [3.05, 3.63) is 58.1 Å². The summed E-state index contributed by atoms with van der Waals surface area (Å²) in [6.07, 6.45) is 2.40. The molecule has 2 rings (SSSR count). The molecule has 10 nitrogen and oxygen atoms in total. The van der Waals surface area contributed by atoms with Crippen molar-refractivity contribution in [3.8, 4) is 0 Å². The van der Waals surface area contributed by atoms with Crippen molar-refractivity contribution in [2.75, 3.05) is 24.2 Å². The molecular weight excluding hydrogens is 468 g/mol. The Kier molecular flexibility index (Phi) is 11.1. The van der Waals surface area contributed by atoms with Gasteiger partial charge in [-0.3, -0.25) is 19.0 Å². The number of Topliss-reactive ketones (excluding diaryl/α,β-unsaturated/α-hetero) is 1. The van der Waals surface area contributed by atoms with Crippen molar-refractivity contribution in [3.63, 3.8) is 0 Å². The first-order chi connectivity index (χ1) is 16.8. The van der Waals surface area contributed by atoms with Crippen LogP contribution in [0.2, 0.25) is 0 Å². The number of benzene rings is 1. The van der Waals surface area contributed by atoms with Crippen LogP contribution in [0, 0.1) is 5.41 Å². The summed E-state index contributed by atoms with van der Waals surface area (Å²) in [4.78, 5) is 42.5. The van der Waals surface area contributed by atoms with Crippen LogP contribution >= 0.6 is 11.8 Å². The number of hydrogen-bond acceptors (Lipinski definition) is 9. The van der Waals surface area contributed by atoms with Crippen LogP contribution in [-0.2, 0) is 21.8 Å². The van der Waals surface area contributed by atoms with Gasteiger partial charge in [-0.1, -0.05) is 49.3 Å². The molecule has 35 heavy (non-hydrogen) atoms. The first-order valence-electron chi connectivity index (χ1n) is 11.3. The molecule has 0 spiro atoms. The summed E-state index contributed by atoms with van der Waals surface area (Å²) in [6, 6.07) is 9.00. The predicted octanol–water partition coefficient (Wildman–Crippen LogP) is 2.66. The van der Waals surface area contributed by atoms with Crippen molar-refractivity contribution in [2.45, 2.75) is 45.4 Å². The van der Waals surface area contributed by atoms with Gasteiger partial charge >= 0.3 is 0 Å². The molecule has 1 heterocycles. The fourth-order valence-corrected chi connectivity index (χ4v) is 4.07. The van der Waals surface area contributed by atoms with Crippen LogP contribution < -0.4 is 16.2 Å². The summed E-state index contributed by atoms with van der Waals surface area (Å²) in [7, 11) is 0. The molecule has 0 aliphatic carbocycles. The van der Waals surface area contributed by atoms with Crippen LogP contribution in [0.5, 0.6) is 0 Å². The molecule has 188 valence electrons. The smallest absolute Gasteiger partial charge is 0.294 e. The normalized spacial score (nSPS) is 12.1. The number of nitrogens with zero attached hydrogens (tertiary/aromatic N) is 3. The number of hydrogen-bond donors (Lipinski definition) is 4. The molecule has 2 aromatic rings. The summed E-state index contributed by atoms with van der Waals surface area (Å²) >= 11 is 1.48. The second-order valence-corrected chi connectivity index (χ2v) is 8.82. The van der Waals surface area contributed by atoms with E-state index in [1.54, 1.807) is 13.1 Å². The Morgan fingerprint density at radius 1 is 1.23 bits per heavy atom. The van der Waals surface area contributed by atoms with E-state index in [4.69, 9.17) is 10.6 Å². The van der Waals surface area contributed by atoms with Crippen LogP contribution in [0.15, 0.2) is 46.5 Å². The largest absolute Gasteiger partial charge is 0.411 e. The average molecular weight is 501 g/mol. The third-order valence-corrected chi connectivity index (χ3v) is 6.24. The van der Waals surface area contributed by atoms with Gasteiger partial charge in [0.25, 0.3) is 5.56 Å². The molecule has 0 aliphatic rings. The number of aryl methyl sites for hydroxylation is 1. The van der Waals surface area contributed by atoms with E-state index in [2.05, 4.69) is 20.8 Å². The number of nitrogens with one attached hydrogen (secondary N) is 3. The van der Waals surface area contributed by atoms with Crippen molar-refractivity contribution in [1.82, 2.24) is 14.9 Å². The molecule has 1 aromatic carbocycles. The Balaban J connectivity index is 2.05. The van der Waals surface area contributed by atoms with Gasteiger partial charge < -0.3 is 21.3 Å². The zero-order valence-electron chi connectivity index (χ0n) is 20.2. The topological polar surface area (TPSA) is 150 Å². The molecule has 1 amide bonds. The molecule has 1 atom stereocenters. The van der Waals surface area contributed by atoms with Gasteiger partial charge in [-0.25, -0.2) is 4.98 Å². The standard InChI is InChI=1S/C24H32N6O4S/c1-4-18-13-30(24(33)22(28-18)26-12-20(29-34)16(3)25)21(5-2)23(32)27-11-19(31)15-35-14-17-9-7-6-8-10-17/h6-10,13,21,25,34H,4-5,11-12,14-15H2,1-3H3,(H,26,28)(H,27,32)/b25-16?,29-20-. The number of carbonyl (C=O) groups excluding carboxylic acids is 2. The number of amides is 1. The highest BCUT2D eigenvalue weighted by atomic mass is 32.2. The van der Waals surface area contributed by atoms with Gasteiger partial charge in [0.05, 0.1) is 30.2 Å². The fraction of sp³-hybridized carbons (Fsp3) is 0.417. The molecular formula is C24H32N6O4S. The summed E-state index contributed by atoms with van der Waals surface area (Å²) < 4.78 is 1.31. The molecule has 11 heteroatoms. The van der Waals surface area contributed by atoms with Crippen LogP contribution in [0.3, 0.4) is 0 Å². The number of anilines is 1. The van der Waals surface area contributed by atoms with Gasteiger partial charge in [0.1, 0.15) is 11.8 Å². The quantitative estimate of drug-likeness (QED) is 0.177. The Hall–Kier alpha value is -3.47. The molecule has 1 aromatic heterocycles. The van der Waals surface area contributed by atoms with Crippen molar-refractivity contribution in [2.24, 2.45) is 5.16 Å². The van der Waals surface area contributed by atoms with Crippen LogP contribution in [0.1, 0.15) is 44.5 Å². The number of thioether (sulfide) groups is 1. The number of oxime groups is 1. The Bertz CT molecular complexity index is 1120. The van der Waals surface area contributed by atoms with Gasteiger partial charge in [-0.15, -0.1) is 11.8 Å². The van der Waals surface area contributed by atoms with Crippen molar-refractivity contribution in [1.29, 1.82) is 5.41 Å². The zero-order chi connectivity index (χ0) is 25.8. The van der Waals surface area contributed by atoms with E-state index in [0.717, 1.165) is 5.56 Å². The molecule has 0 bridgehead atoms.